The Morgan fingerprint density at radius 2 is 1.28 bits per heavy atom. The SMILES string of the molecule is C1=CC(c2nc3c(nc4ccccn43)c3ccccc23)CC=C1c1cccc(-c2nc(-c3cccnc3)nc(-c3cccnc3)n2)c1. The zero-order valence-corrected chi connectivity index (χ0v) is 25.1. The Morgan fingerprint density at radius 3 is 1.98 bits per heavy atom. The van der Waals surface area contributed by atoms with Crippen molar-refractivity contribution in [3.05, 3.63) is 151 Å². The Hall–Kier alpha value is -6.41. The molecule has 0 radical (unpaired) electrons. The van der Waals surface area contributed by atoms with Gasteiger partial charge in [0.1, 0.15) is 11.2 Å². The van der Waals surface area contributed by atoms with Gasteiger partial charge in [0, 0.05) is 64.4 Å². The first-order valence-electron chi connectivity index (χ1n) is 15.5. The number of hydrogen-bond acceptors (Lipinski definition) is 7. The maximum atomic E-state index is 5.22. The van der Waals surface area contributed by atoms with Crippen molar-refractivity contribution in [3.63, 3.8) is 0 Å². The Morgan fingerprint density at radius 1 is 0.596 bits per heavy atom. The van der Waals surface area contributed by atoms with E-state index in [0.717, 1.165) is 67.5 Å². The first-order chi connectivity index (χ1) is 23.3. The lowest BCUT2D eigenvalue weighted by Gasteiger charge is -2.18. The van der Waals surface area contributed by atoms with E-state index in [0.29, 0.717) is 17.5 Å². The van der Waals surface area contributed by atoms with Gasteiger partial charge in [0.05, 0.1) is 5.69 Å². The highest BCUT2D eigenvalue weighted by molar-refractivity contribution is 6.05. The van der Waals surface area contributed by atoms with Crippen molar-refractivity contribution in [1.29, 1.82) is 0 Å². The largest absolute Gasteiger partial charge is 0.284 e. The minimum absolute atomic E-state index is 0.137. The minimum atomic E-state index is 0.137. The van der Waals surface area contributed by atoms with Gasteiger partial charge in [-0.15, -0.1) is 0 Å². The fourth-order valence-electron chi connectivity index (χ4n) is 6.27. The molecule has 0 bridgehead atoms. The summed E-state index contributed by atoms with van der Waals surface area (Å²) in [5.41, 5.74) is 8.58. The number of hydrogen-bond donors (Lipinski definition) is 0. The van der Waals surface area contributed by atoms with E-state index in [9.17, 15) is 0 Å². The van der Waals surface area contributed by atoms with E-state index >= 15 is 0 Å². The molecule has 47 heavy (non-hydrogen) atoms. The number of fused-ring (bicyclic) bond motifs is 5. The van der Waals surface area contributed by atoms with E-state index in [1.807, 2.05) is 54.7 Å². The highest BCUT2D eigenvalue weighted by Gasteiger charge is 2.21. The summed E-state index contributed by atoms with van der Waals surface area (Å²) in [6.45, 7) is 0. The zero-order chi connectivity index (χ0) is 31.2. The number of benzene rings is 2. The van der Waals surface area contributed by atoms with Gasteiger partial charge < -0.3 is 0 Å². The van der Waals surface area contributed by atoms with Gasteiger partial charge in [0.25, 0.3) is 0 Å². The van der Waals surface area contributed by atoms with Crippen molar-refractivity contribution in [2.45, 2.75) is 12.3 Å². The van der Waals surface area contributed by atoms with Gasteiger partial charge in [0.2, 0.25) is 0 Å². The molecule has 1 atom stereocenters. The van der Waals surface area contributed by atoms with Gasteiger partial charge in [0.15, 0.2) is 23.1 Å². The average Bonchev–Trinajstić information content (AvgIpc) is 3.54. The maximum Gasteiger partial charge on any atom is 0.165 e. The monoisotopic (exact) mass is 606 g/mol. The van der Waals surface area contributed by atoms with Crippen LogP contribution in [0.5, 0.6) is 0 Å². The predicted octanol–water partition coefficient (Wildman–Crippen LogP) is 8.14. The smallest absolute Gasteiger partial charge is 0.165 e. The van der Waals surface area contributed by atoms with Crippen LogP contribution >= 0.6 is 0 Å². The molecule has 2 aromatic carbocycles. The molecular weight excluding hydrogens is 580 g/mol. The number of aromatic nitrogens is 8. The normalized spacial score (nSPS) is 14.6. The number of nitrogens with zero attached hydrogens (tertiary/aromatic N) is 8. The summed E-state index contributed by atoms with van der Waals surface area (Å²) in [5, 5.41) is 2.27. The Kier molecular flexibility index (Phi) is 6.41. The molecule has 0 fully saturated rings. The molecule has 1 unspecified atom stereocenters. The molecule has 0 aliphatic heterocycles. The molecular formula is C39H26N8. The summed E-state index contributed by atoms with van der Waals surface area (Å²) in [7, 11) is 0. The molecule has 8 aromatic rings. The molecule has 6 aromatic heterocycles. The van der Waals surface area contributed by atoms with Crippen molar-refractivity contribution in [3.8, 4) is 34.2 Å². The van der Waals surface area contributed by atoms with Crippen molar-refractivity contribution < 1.29 is 0 Å². The topological polar surface area (TPSA) is 94.6 Å². The lowest BCUT2D eigenvalue weighted by Crippen LogP contribution is -2.04. The summed E-state index contributed by atoms with van der Waals surface area (Å²) in [5.74, 6) is 1.86. The molecule has 1 aliphatic carbocycles. The quantitative estimate of drug-likeness (QED) is 0.195. The molecule has 8 heteroatoms. The van der Waals surface area contributed by atoms with Crippen LogP contribution in [0.2, 0.25) is 0 Å². The molecule has 1 aliphatic rings. The van der Waals surface area contributed by atoms with Gasteiger partial charge in [-0.2, -0.15) is 0 Å². The Balaban J connectivity index is 1.07. The number of rotatable bonds is 5. The highest BCUT2D eigenvalue weighted by Crippen LogP contribution is 2.36. The van der Waals surface area contributed by atoms with Crippen LogP contribution in [0, 0.1) is 0 Å². The predicted molar refractivity (Wildman–Crippen MR) is 184 cm³/mol. The van der Waals surface area contributed by atoms with Crippen LogP contribution in [0.25, 0.3) is 67.3 Å². The van der Waals surface area contributed by atoms with E-state index in [-0.39, 0.29) is 5.92 Å². The summed E-state index contributed by atoms with van der Waals surface area (Å²) in [4.78, 5) is 33.2. The third-order valence-corrected chi connectivity index (χ3v) is 8.57. The van der Waals surface area contributed by atoms with Crippen LogP contribution in [0.1, 0.15) is 23.6 Å². The van der Waals surface area contributed by atoms with Gasteiger partial charge in [-0.1, -0.05) is 66.8 Å². The van der Waals surface area contributed by atoms with Gasteiger partial charge in [-0.05, 0) is 60.0 Å². The maximum absolute atomic E-state index is 5.22. The second-order valence-electron chi connectivity index (χ2n) is 11.5. The molecule has 8 nitrogen and oxygen atoms in total. The molecule has 9 rings (SSSR count). The second kappa shape index (κ2) is 11.2. The summed E-state index contributed by atoms with van der Waals surface area (Å²) in [6.07, 6.45) is 16.7. The lowest BCUT2D eigenvalue weighted by molar-refractivity contribution is 0.831. The van der Waals surface area contributed by atoms with Crippen LogP contribution in [0.3, 0.4) is 0 Å². The summed E-state index contributed by atoms with van der Waals surface area (Å²) >= 11 is 0. The first kappa shape index (κ1) is 26.9. The average molecular weight is 607 g/mol. The number of allylic oxidation sites excluding steroid dienone is 4. The van der Waals surface area contributed by atoms with E-state index in [1.165, 1.54) is 0 Å². The molecule has 6 heterocycles. The van der Waals surface area contributed by atoms with Crippen molar-refractivity contribution in [1.82, 2.24) is 39.3 Å². The molecule has 0 saturated carbocycles. The third-order valence-electron chi connectivity index (χ3n) is 8.57. The standard InChI is InChI=1S/C39H26N8/c1-2-13-32-31(12-1)34(43-39-35(32)42-33-14-3-4-21-47(33)39)26-17-15-25(16-18-26)27-8-5-9-28(22-27)36-44-37(29-10-6-19-40-23-29)46-38(45-36)30-11-7-20-41-24-30/h1-17,19-24,26H,18H2. The molecule has 222 valence electrons. The fourth-order valence-corrected chi connectivity index (χ4v) is 6.27. The van der Waals surface area contributed by atoms with E-state index < -0.39 is 0 Å². The lowest BCUT2D eigenvalue weighted by atomic mass is 9.88. The van der Waals surface area contributed by atoms with E-state index in [1.54, 1.807) is 24.8 Å². The second-order valence-corrected chi connectivity index (χ2v) is 11.5. The van der Waals surface area contributed by atoms with E-state index in [4.69, 9.17) is 24.9 Å². The molecule has 0 spiro atoms. The van der Waals surface area contributed by atoms with Crippen LogP contribution in [-0.2, 0) is 0 Å². The summed E-state index contributed by atoms with van der Waals surface area (Å²) in [6, 6.07) is 30.5. The first-order valence-corrected chi connectivity index (χ1v) is 15.5. The zero-order valence-electron chi connectivity index (χ0n) is 25.1. The van der Waals surface area contributed by atoms with Gasteiger partial charge >= 0.3 is 0 Å². The fraction of sp³-hybridized carbons (Fsp3) is 0.0513. The van der Waals surface area contributed by atoms with Crippen LogP contribution < -0.4 is 0 Å². The van der Waals surface area contributed by atoms with Crippen LogP contribution in [0.15, 0.2) is 140 Å². The number of imidazole rings is 1. The molecule has 0 saturated heterocycles. The minimum Gasteiger partial charge on any atom is -0.284 e. The highest BCUT2D eigenvalue weighted by atomic mass is 15.1. The third kappa shape index (κ3) is 4.83. The van der Waals surface area contributed by atoms with Crippen molar-refractivity contribution in [2.75, 3.05) is 0 Å². The van der Waals surface area contributed by atoms with Crippen LogP contribution in [-0.4, -0.2) is 39.3 Å². The molecule has 0 amide bonds. The number of pyridine rings is 4. The van der Waals surface area contributed by atoms with Gasteiger partial charge in [-0.25, -0.2) is 24.9 Å². The van der Waals surface area contributed by atoms with Gasteiger partial charge in [-0.3, -0.25) is 14.4 Å². The van der Waals surface area contributed by atoms with Crippen molar-refractivity contribution in [2.24, 2.45) is 0 Å². The molecule has 0 N–H and O–H groups in total. The Labute approximate surface area is 269 Å². The Bertz CT molecular complexity index is 2440. The van der Waals surface area contributed by atoms with E-state index in [2.05, 4.69) is 75.1 Å². The van der Waals surface area contributed by atoms with Crippen molar-refractivity contribution >= 4 is 33.2 Å². The summed E-state index contributed by atoms with van der Waals surface area (Å²) < 4.78 is 2.07. The van der Waals surface area contributed by atoms with Crippen LogP contribution in [0.4, 0.5) is 0 Å².